The zero-order valence-electron chi connectivity index (χ0n) is 17.8. The third-order valence-electron chi connectivity index (χ3n) is 5.81. The van der Waals surface area contributed by atoms with E-state index in [0.29, 0.717) is 11.3 Å². The van der Waals surface area contributed by atoms with Crippen molar-refractivity contribution in [2.45, 2.75) is 31.5 Å². The first kappa shape index (κ1) is 21.4. The zero-order chi connectivity index (χ0) is 22.9. The second kappa shape index (κ2) is 8.33. The molecule has 0 aliphatic carbocycles. The van der Waals surface area contributed by atoms with Crippen LogP contribution in [0.3, 0.4) is 0 Å². The van der Waals surface area contributed by atoms with Crippen LogP contribution in [0, 0.1) is 0 Å². The van der Waals surface area contributed by atoms with Crippen molar-refractivity contribution >= 4 is 23.8 Å². The predicted octanol–water partition coefficient (Wildman–Crippen LogP) is 1.50. The number of urea groups is 1. The van der Waals surface area contributed by atoms with Gasteiger partial charge < -0.3 is 20.3 Å². The molecule has 1 unspecified atom stereocenters. The molecule has 32 heavy (non-hydrogen) atoms. The first-order chi connectivity index (χ1) is 15.3. The predicted molar refractivity (Wildman–Crippen MR) is 115 cm³/mol. The topological polar surface area (TPSA) is 117 Å². The van der Waals surface area contributed by atoms with E-state index in [2.05, 4.69) is 16.0 Å². The zero-order valence-corrected chi connectivity index (χ0v) is 17.8. The molecule has 0 saturated carbocycles. The molecular formula is C23H24N4O5. The lowest BCUT2D eigenvalue weighted by atomic mass is 9.93. The van der Waals surface area contributed by atoms with Crippen LogP contribution in [-0.2, 0) is 16.1 Å². The summed E-state index contributed by atoms with van der Waals surface area (Å²) in [7, 11) is 1.52. The average molecular weight is 436 g/mol. The minimum atomic E-state index is -1.56. The largest absolute Gasteiger partial charge is 0.497 e. The summed E-state index contributed by atoms with van der Waals surface area (Å²) in [4.78, 5) is 51.9. The molecule has 3 N–H and O–H groups in total. The SMILES string of the molecule is COc1ccc2c(c1)C(=O)N(CC1(CC(=O)N[C@@H](C)c3ccccc3)NC(=O)NC1=O)C2. The minimum Gasteiger partial charge on any atom is -0.497 e. The highest BCUT2D eigenvalue weighted by Gasteiger charge is 2.50. The maximum atomic E-state index is 13.0. The van der Waals surface area contributed by atoms with E-state index in [1.165, 1.54) is 12.0 Å². The number of hydrogen-bond donors (Lipinski definition) is 3. The Hall–Kier alpha value is -3.88. The van der Waals surface area contributed by atoms with Gasteiger partial charge in [-0.25, -0.2) is 4.79 Å². The summed E-state index contributed by atoms with van der Waals surface area (Å²) in [6, 6.07) is 13.6. The Kier molecular flexibility index (Phi) is 5.56. The van der Waals surface area contributed by atoms with Crippen molar-refractivity contribution in [2.24, 2.45) is 0 Å². The molecule has 2 aliphatic rings. The van der Waals surface area contributed by atoms with Gasteiger partial charge in [-0.2, -0.15) is 0 Å². The van der Waals surface area contributed by atoms with Crippen molar-refractivity contribution in [3.63, 3.8) is 0 Å². The number of amides is 5. The second-order valence-electron chi connectivity index (χ2n) is 8.05. The number of nitrogens with one attached hydrogen (secondary N) is 3. The Morgan fingerprint density at radius 3 is 2.59 bits per heavy atom. The summed E-state index contributed by atoms with van der Waals surface area (Å²) in [5.41, 5.74) is 0.623. The molecule has 1 saturated heterocycles. The Bertz CT molecular complexity index is 1090. The molecule has 166 valence electrons. The molecule has 0 spiro atoms. The number of carbonyl (C=O) groups is 4. The second-order valence-corrected chi connectivity index (χ2v) is 8.05. The first-order valence-electron chi connectivity index (χ1n) is 10.3. The number of rotatable bonds is 7. The number of benzene rings is 2. The highest BCUT2D eigenvalue weighted by molar-refractivity contribution is 6.09. The lowest BCUT2D eigenvalue weighted by molar-refractivity contribution is -0.131. The molecule has 0 radical (unpaired) electrons. The third kappa shape index (κ3) is 4.01. The molecule has 4 rings (SSSR count). The van der Waals surface area contributed by atoms with Crippen LogP contribution in [0.1, 0.15) is 40.9 Å². The number of imide groups is 1. The summed E-state index contributed by atoms with van der Waals surface area (Å²) in [6.07, 6.45) is -0.300. The Morgan fingerprint density at radius 2 is 1.94 bits per heavy atom. The van der Waals surface area contributed by atoms with Crippen molar-refractivity contribution in [3.05, 3.63) is 65.2 Å². The normalized spacial score (nSPS) is 20.4. The summed E-state index contributed by atoms with van der Waals surface area (Å²) >= 11 is 0. The molecular weight excluding hydrogens is 412 g/mol. The summed E-state index contributed by atoms with van der Waals surface area (Å²) < 4.78 is 5.19. The van der Waals surface area contributed by atoms with Crippen LogP contribution >= 0.6 is 0 Å². The van der Waals surface area contributed by atoms with E-state index in [0.717, 1.165) is 11.1 Å². The van der Waals surface area contributed by atoms with Crippen LogP contribution in [0.5, 0.6) is 5.75 Å². The fourth-order valence-corrected chi connectivity index (χ4v) is 4.13. The van der Waals surface area contributed by atoms with Crippen molar-refractivity contribution in [3.8, 4) is 5.75 Å². The Balaban J connectivity index is 1.51. The Morgan fingerprint density at radius 1 is 1.19 bits per heavy atom. The van der Waals surface area contributed by atoms with Crippen molar-refractivity contribution in [1.82, 2.24) is 20.9 Å². The van der Waals surface area contributed by atoms with Crippen LogP contribution in [0.25, 0.3) is 0 Å². The molecule has 5 amide bonds. The van der Waals surface area contributed by atoms with Gasteiger partial charge in [0.2, 0.25) is 5.91 Å². The molecule has 2 aromatic carbocycles. The van der Waals surface area contributed by atoms with E-state index in [1.54, 1.807) is 18.2 Å². The average Bonchev–Trinajstić information content (AvgIpc) is 3.22. The lowest BCUT2D eigenvalue weighted by Crippen LogP contribution is -2.57. The van der Waals surface area contributed by atoms with Gasteiger partial charge in [0.05, 0.1) is 26.1 Å². The van der Waals surface area contributed by atoms with Crippen LogP contribution in [-0.4, -0.2) is 47.8 Å². The maximum absolute atomic E-state index is 13.0. The van der Waals surface area contributed by atoms with Gasteiger partial charge in [-0.15, -0.1) is 0 Å². The van der Waals surface area contributed by atoms with E-state index in [1.807, 2.05) is 37.3 Å². The van der Waals surface area contributed by atoms with Crippen LogP contribution < -0.4 is 20.7 Å². The van der Waals surface area contributed by atoms with Gasteiger partial charge in [0, 0.05) is 12.1 Å². The quantitative estimate of drug-likeness (QED) is 0.569. The molecule has 9 nitrogen and oxygen atoms in total. The number of nitrogens with zero attached hydrogens (tertiary/aromatic N) is 1. The standard InChI is InChI=1S/C23H24N4O5/c1-14(15-6-4-3-5-7-15)24-19(28)11-23(21(30)25-22(31)26-23)13-27-12-16-8-9-17(32-2)10-18(16)20(27)29/h3-10,14H,11-13H2,1-2H3,(H,24,28)(H2,25,26,30,31)/t14-,23?/m0/s1. The van der Waals surface area contributed by atoms with Crippen LogP contribution in [0.4, 0.5) is 4.79 Å². The number of carbonyl (C=O) groups excluding carboxylic acids is 4. The molecule has 2 heterocycles. The third-order valence-corrected chi connectivity index (χ3v) is 5.81. The molecule has 9 heteroatoms. The van der Waals surface area contributed by atoms with Gasteiger partial charge in [-0.1, -0.05) is 36.4 Å². The van der Waals surface area contributed by atoms with Gasteiger partial charge in [0.25, 0.3) is 11.8 Å². The number of fused-ring (bicyclic) bond motifs is 1. The highest BCUT2D eigenvalue weighted by atomic mass is 16.5. The minimum absolute atomic E-state index is 0.131. The van der Waals surface area contributed by atoms with Crippen molar-refractivity contribution in [2.75, 3.05) is 13.7 Å². The van der Waals surface area contributed by atoms with Gasteiger partial charge in [-0.3, -0.25) is 19.7 Å². The fraction of sp³-hybridized carbons (Fsp3) is 0.304. The fourth-order valence-electron chi connectivity index (χ4n) is 4.13. The van der Waals surface area contributed by atoms with Crippen molar-refractivity contribution in [1.29, 1.82) is 0 Å². The maximum Gasteiger partial charge on any atom is 0.322 e. The van der Waals surface area contributed by atoms with E-state index in [-0.39, 0.29) is 31.5 Å². The van der Waals surface area contributed by atoms with Gasteiger partial charge >= 0.3 is 6.03 Å². The smallest absolute Gasteiger partial charge is 0.322 e. The molecule has 2 aliphatic heterocycles. The van der Waals surface area contributed by atoms with Gasteiger partial charge in [0.15, 0.2) is 0 Å². The van der Waals surface area contributed by atoms with E-state index < -0.39 is 23.4 Å². The van der Waals surface area contributed by atoms with Gasteiger partial charge in [-0.05, 0) is 30.2 Å². The summed E-state index contributed by atoms with van der Waals surface area (Å²) in [6.45, 7) is 1.97. The van der Waals surface area contributed by atoms with Crippen LogP contribution in [0.15, 0.2) is 48.5 Å². The molecule has 1 fully saturated rings. The lowest BCUT2D eigenvalue weighted by Gasteiger charge is -2.30. The molecule has 2 aromatic rings. The van der Waals surface area contributed by atoms with E-state index in [9.17, 15) is 19.2 Å². The van der Waals surface area contributed by atoms with Crippen molar-refractivity contribution < 1.29 is 23.9 Å². The van der Waals surface area contributed by atoms with Gasteiger partial charge in [0.1, 0.15) is 11.3 Å². The highest BCUT2D eigenvalue weighted by Crippen LogP contribution is 2.29. The van der Waals surface area contributed by atoms with E-state index >= 15 is 0 Å². The monoisotopic (exact) mass is 436 g/mol. The number of methoxy groups -OCH3 is 1. The first-order valence-corrected chi connectivity index (χ1v) is 10.3. The molecule has 2 atom stereocenters. The molecule has 0 aromatic heterocycles. The summed E-state index contributed by atoms with van der Waals surface area (Å²) in [5.74, 6) is -0.781. The summed E-state index contributed by atoms with van der Waals surface area (Å²) in [5, 5.41) is 7.64. The Labute approximate surface area is 185 Å². The van der Waals surface area contributed by atoms with E-state index in [4.69, 9.17) is 4.74 Å². The van der Waals surface area contributed by atoms with Crippen LogP contribution in [0.2, 0.25) is 0 Å². The number of hydrogen-bond acceptors (Lipinski definition) is 5. The molecule has 0 bridgehead atoms. The number of ether oxygens (including phenoxy) is 1.